The second kappa shape index (κ2) is 7.98. The van der Waals surface area contributed by atoms with E-state index in [-0.39, 0.29) is 12.5 Å². The SMILES string of the molecule is CCOc1ccc2c(c1)CN(C(=O)COc1ccc(Cl)c(Cl)c1)CC2. The van der Waals surface area contributed by atoms with Crippen LogP contribution in [-0.2, 0) is 17.8 Å². The van der Waals surface area contributed by atoms with E-state index in [1.165, 1.54) is 5.56 Å². The van der Waals surface area contributed by atoms with E-state index >= 15 is 0 Å². The van der Waals surface area contributed by atoms with Crippen molar-refractivity contribution >= 4 is 29.1 Å². The molecule has 0 bridgehead atoms. The lowest BCUT2D eigenvalue weighted by Gasteiger charge is -2.29. The zero-order chi connectivity index (χ0) is 17.8. The Labute approximate surface area is 157 Å². The van der Waals surface area contributed by atoms with Crippen LogP contribution >= 0.6 is 23.2 Å². The molecule has 0 radical (unpaired) electrons. The third-order valence-corrected chi connectivity index (χ3v) is 4.85. The van der Waals surface area contributed by atoms with Gasteiger partial charge in [0.2, 0.25) is 0 Å². The molecule has 1 aliphatic rings. The molecule has 0 aromatic heterocycles. The third kappa shape index (κ3) is 4.39. The quantitative estimate of drug-likeness (QED) is 0.774. The van der Waals surface area contributed by atoms with Crippen molar-refractivity contribution in [2.75, 3.05) is 19.8 Å². The molecule has 25 heavy (non-hydrogen) atoms. The number of fused-ring (bicyclic) bond motifs is 1. The highest BCUT2D eigenvalue weighted by atomic mass is 35.5. The summed E-state index contributed by atoms with van der Waals surface area (Å²) < 4.78 is 11.1. The van der Waals surface area contributed by atoms with E-state index in [1.54, 1.807) is 23.1 Å². The number of amides is 1. The van der Waals surface area contributed by atoms with Crippen molar-refractivity contribution < 1.29 is 14.3 Å². The summed E-state index contributed by atoms with van der Waals surface area (Å²) >= 11 is 11.8. The average molecular weight is 380 g/mol. The monoisotopic (exact) mass is 379 g/mol. The summed E-state index contributed by atoms with van der Waals surface area (Å²) in [5, 5.41) is 0.861. The number of carbonyl (C=O) groups excluding carboxylic acids is 1. The van der Waals surface area contributed by atoms with Gasteiger partial charge in [-0.2, -0.15) is 0 Å². The first kappa shape index (κ1) is 17.9. The summed E-state index contributed by atoms with van der Waals surface area (Å²) in [4.78, 5) is 14.3. The van der Waals surface area contributed by atoms with Crippen molar-refractivity contribution in [3.8, 4) is 11.5 Å². The predicted octanol–water partition coefficient (Wildman–Crippen LogP) is 4.36. The van der Waals surface area contributed by atoms with Gasteiger partial charge in [-0.1, -0.05) is 29.3 Å². The van der Waals surface area contributed by atoms with Gasteiger partial charge in [0.25, 0.3) is 5.91 Å². The van der Waals surface area contributed by atoms with Crippen LogP contribution in [0.4, 0.5) is 0 Å². The van der Waals surface area contributed by atoms with Gasteiger partial charge >= 0.3 is 0 Å². The van der Waals surface area contributed by atoms with Gasteiger partial charge < -0.3 is 14.4 Å². The second-order valence-corrected chi connectivity index (χ2v) is 6.61. The molecular weight excluding hydrogens is 361 g/mol. The lowest BCUT2D eigenvalue weighted by atomic mass is 9.99. The predicted molar refractivity (Wildman–Crippen MR) is 98.7 cm³/mol. The number of halogens is 2. The molecule has 1 amide bonds. The molecule has 0 fully saturated rings. The smallest absolute Gasteiger partial charge is 0.260 e. The average Bonchev–Trinajstić information content (AvgIpc) is 2.62. The van der Waals surface area contributed by atoms with Crippen LogP contribution in [0.2, 0.25) is 10.0 Å². The minimum Gasteiger partial charge on any atom is -0.494 e. The molecule has 0 saturated carbocycles. The van der Waals surface area contributed by atoms with Gasteiger partial charge in [-0.25, -0.2) is 0 Å². The first-order chi connectivity index (χ1) is 12.1. The van der Waals surface area contributed by atoms with Crippen LogP contribution in [0, 0.1) is 0 Å². The van der Waals surface area contributed by atoms with Gasteiger partial charge in [-0.05, 0) is 48.7 Å². The first-order valence-electron chi connectivity index (χ1n) is 8.17. The molecule has 1 aliphatic heterocycles. The van der Waals surface area contributed by atoms with Gasteiger partial charge in [-0.3, -0.25) is 4.79 Å². The normalized spacial score (nSPS) is 13.3. The fraction of sp³-hybridized carbons (Fsp3) is 0.316. The zero-order valence-corrected chi connectivity index (χ0v) is 15.4. The maximum atomic E-state index is 12.5. The Hall–Kier alpha value is -1.91. The highest BCUT2D eigenvalue weighted by Crippen LogP contribution is 2.27. The molecule has 0 spiro atoms. The van der Waals surface area contributed by atoms with Crippen molar-refractivity contribution in [3.05, 3.63) is 57.6 Å². The largest absolute Gasteiger partial charge is 0.494 e. The van der Waals surface area contributed by atoms with E-state index in [1.807, 2.05) is 19.1 Å². The maximum Gasteiger partial charge on any atom is 0.260 e. The molecule has 2 aromatic rings. The standard InChI is InChI=1S/C19H19Cl2NO3/c1-2-24-15-4-3-13-7-8-22(11-14(13)9-15)19(23)12-25-16-5-6-17(20)18(21)10-16/h3-6,9-10H,2,7-8,11-12H2,1H3. The lowest BCUT2D eigenvalue weighted by molar-refractivity contribution is -0.134. The van der Waals surface area contributed by atoms with E-state index < -0.39 is 0 Å². The highest BCUT2D eigenvalue weighted by molar-refractivity contribution is 6.42. The Balaban J connectivity index is 1.61. The molecule has 0 atom stereocenters. The molecule has 0 aliphatic carbocycles. The van der Waals surface area contributed by atoms with Crippen LogP contribution in [0.1, 0.15) is 18.1 Å². The van der Waals surface area contributed by atoms with E-state index in [0.29, 0.717) is 35.5 Å². The van der Waals surface area contributed by atoms with Crippen molar-refractivity contribution in [1.29, 1.82) is 0 Å². The van der Waals surface area contributed by atoms with Crippen LogP contribution in [0.25, 0.3) is 0 Å². The fourth-order valence-electron chi connectivity index (χ4n) is 2.81. The molecule has 132 valence electrons. The lowest BCUT2D eigenvalue weighted by Crippen LogP contribution is -2.38. The van der Waals surface area contributed by atoms with Crippen LogP contribution in [-0.4, -0.2) is 30.6 Å². The van der Waals surface area contributed by atoms with Crippen LogP contribution in [0.15, 0.2) is 36.4 Å². The number of nitrogens with zero attached hydrogens (tertiary/aromatic N) is 1. The Kier molecular flexibility index (Phi) is 5.71. The van der Waals surface area contributed by atoms with E-state index in [4.69, 9.17) is 32.7 Å². The molecular formula is C19H19Cl2NO3. The zero-order valence-electron chi connectivity index (χ0n) is 13.9. The van der Waals surface area contributed by atoms with Crippen LogP contribution in [0.5, 0.6) is 11.5 Å². The molecule has 2 aromatic carbocycles. The van der Waals surface area contributed by atoms with Gasteiger partial charge in [-0.15, -0.1) is 0 Å². The minimum atomic E-state index is -0.0569. The molecule has 0 N–H and O–H groups in total. The van der Waals surface area contributed by atoms with Gasteiger partial charge in [0.05, 0.1) is 16.7 Å². The number of carbonyl (C=O) groups is 1. The summed E-state index contributed by atoms with van der Waals surface area (Å²) in [5.41, 5.74) is 2.39. The maximum absolute atomic E-state index is 12.5. The number of rotatable bonds is 5. The molecule has 6 heteroatoms. The van der Waals surface area contributed by atoms with Crippen molar-refractivity contribution in [2.24, 2.45) is 0 Å². The summed E-state index contributed by atoms with van der Waals surface area (Å²) in [6.07, 6.45) is 0.834. The number of hydrogen-bond acceptors (Lipinski definition) is 3. The molecule has 0 saturated heterocycles. The number of hydrogen-bond donors (Lipinski definition) is 0. The Morgan fingerprint density at radius 1 is 1.04 bits per heavy atom. The molecule has 3 rings (SSSR count). The van der Waals surface area contributed by atoms with Gasteiger partial charge in [0.15, 0.2) is 6.61 Å². The number of benzene rings is 2. The molecule has 0 unspecified atom stereocenters. The van der Waals surface area contributed by atoms with Crippen LogP contribution in [0.3, 0.4) is 0 Å². The van der Waals surface area contributed by atoms with Crippen molar-refractivity contribution in [3.63, 3.8) is 0 Å². The molecule has 4 nitrogen and oxygen atoms in total. The van der Waals surface area contributed by atoms with Crippen molar-refractivity contribution in [2.45, 2.75) is 19.9 Å². The van der Waals surface area contributed by atoms with Crippen LogP contribution < -0.4 is 9.47 Å². The van der Waals surface area contributed by atoms with Gasteiger partial charge in [0.1, 0.15) is 11.5 Å². The fourth-order valence-corrected chi connectivity index (χ4v) is 3.09. The summed E-state index contributed by atoms with van der Waals surface area (Å²) in [6.45, 7) is 3.80. The van der Waals surface area contributed by atoms with E-state index in [9.17, 15) is 4.79 Å². The minimum absolute atomic E-state index is 0.0293. The summed E-state index contributed by atoms with van der Waals surface area (Å²) in [6, 6.07) is 11.0. The Bertz CT molecular complexity index is 779. The first-order valence-corrected chi connectivity index (χ1v) is 8.92. The van der Waals surface area contributed by atoms with E-state index in [0.717, 1.165) is 17.7 Å². The number of ether oxygens (including phenoxy) is 2. The van der Waals surface area contributed by atoms with E-state index in [2.05, 4.69) is 6.07 Å². The summed E-state index contributed by atoms with van der Waals surface area (Å²) in [5.74, 6) is 1.31. The Morgan fingerprint density at radius 3 is 2.56 bits per heavy atom. The van der Waals surface area contributed by atoms with Crippen molar-refractivity contribution in [1.82, 2.24) is 4.90 Å². The second-order valence-electron chi connectivity index (χ2n) is 5.79. The summed E-state index contributed by atoms with van der Waals surface area (Å²) in [7, 11) is 0. The van der Waals surface area contributed by atoms with Gasteiger partial charge in [0, 0.05) is 19.2 Å². The highest BCUT2D eigenvalue weighted by Gasteiger charge is 2.21. The Morgan fingerprint density at radius 2 is 1.80 bits per heavy atom. The molecule has 1 heterocycles. The third-order valence-electron chi connectivity index (χ3n) is 4.11. The topological polar surface area (TPSA) is 38.8 Å².